The Balaban J connectivity index is 2.51. The fraction of sp³-hybridized carbons (Fsp3) is 0.467. The van der Waals surface area contributed by atoms with E-state index in [1.54, 1.807) is 7.11 Å². The van der Waals surface area contributed by atoms with Crippen molar-refractivity contribution in [3.63, 3.8) is 0 Å². The molecule has 0 unspecified atom stereocenters. The number of fused-ring (bicyclic) bond motifs is 1. The molecule has 0 aliphatic carbocycles. The number of benzene rings is 1. The maximum atomic E-state index is 5.30. The molecule has 0 fully saturated rings. The lowest BCUT2D eigenvalue weighted by Gasteiger charge is -2.08. The number of thiophene rings is 1. The average Bonchev–Trinajstić information content (AvgIpc) is 2.73. The summed E-state index contributed by atoms with van der Waals surface area (Å²) in [6.45, 7) is 8.65. The van der Waals surface area contributed by atoms with Crippen molar-refractivity contribution in [2.45, 2.75) is 33.2 Å². The van der Waals surface area contributed by atoms with Gasteiger partial charge in [-0.25, -0.2) is 0 Å². The van der Waals surface area contributed by atoms with Crippen LogP contribution in [0, 0.1) is 0 Å². The van der Waals surface area contributed by atoms with Gasteiger partial charge in [-0.05, 0) is 41.6 Å². The van der Waals surface area contributed by atoms with Crippen molar-refractivity contribution in [2.75, 3.05) is 13.7 Å². The summed E-state index contributed by atoms with van der Waals surface area (Å²) >= 11 is 1.88. The Bertz CT molecular complexity index is 531. The number of hydrogen-bond acceptors (Lipinski definition) is 3. The minimum atomic E-state index is 0.556. The zero-order valence-electron chi connectivity index (χ0n) is 11.5. The van der Waals surface area contributed by atoms with Crippen LogP contribution >= 0.6 is 11.3 Å². The molecule has 0 amide bonds. The van der Waals surface area contributed by atoms with Crippen LogP contribution in [0.25, 0.3) is 10.1 Å². The Labute approximate surface area is 113 Å². The summed E-state index contributed by atoms with van der Waals surface area (Å²) in [5.41, 5.74) is 1.48. The fourth-order valence-corrected chi connectivity index (χ4v) is 3.64. The largest absolute Gasteiger partial charge is 0.497 e. The minimum absolute atomic E-state index is 0.556. The van der Waals surface area contributed by atoms with Gasteiger partial charge in [-0.15, -0.1) is 11.3 Å². The molecule has 1 N–H and O–H groups in total. The highest BCUT2D eigenvalue weighted by Gasteiger charge is 2.15. The summed E-state index contributed by atoms with van der Waals surface area (Å²) in [5, 5.41) is 4.81. The van der Waals surface area contributed by atoms with Gasteiger partial charge < -0.3 is 10.1 Å². The van der Waals surface area contributed by atoms with Crippen molar-refractivity contribution in [1.29, 1.82) is 0 Å². The Morgan fingerprint density at radius 2 is 2.11 bits per heavy atom. The number of methoxy groups -OCH3 is 1. The lowest BCUT2D eigenvalue weighted by molar-refractivity contribution is 0.415. The predicted octanol–water partition coefficient (Wildman–Crippen LogP) is 4.14. The number of rotatable bonds is 5. The van der Waals surface area contributed by atoms with Gasteiger partial charge in [0.25, 0.3) is 0 Å². The standard InChI is InChI=1S/C15H21NOS/c1-5-16-9-14-15(10(2)3)12-7-6-11(17-4)8-13(12)18-14/h6-8,10,16H,5,9H2,1-4H3. The molecule has 2 nitrogen and oxygen atoms in total. The molecule has 0 atom stereocenters. The average molecular weight is 263 g/mol. The lowest BCUT2D eigenvalue weighted by Crippen LogP contribution is -2.12. The number of hydrogen-bond donors (Lipinski definition) is 1. The highest BCUT2D eigenvalue weighted by molar-refractivity contribution is 7.19. The van der Waals surface area contributed by atoms with Crippen molar-refractivity contribution in [2.24, 2.45) is 0 Å². The van der Waals surface area contributed by atoms with E-state index >= 15 is 0 Å². The van der Waals surface area contributed by atoms with Crippen molar-refractivity contribution in [1.82, 2.24) is 5.32 Å². The first-order chi connectivity index (χ1) is 8.67. The molecule has 0 bridgehead atoms. The van der Waals surface area contributed by atoms with E-state index in [9.17, 15) is 0 Å². The zero-order chi connectivity index (χ0) is 13.1. The molecule has 0 aliphatic heterocycles. The molecule has 3 heteroatoms. The van der Waals surface area contributed by atoms with Crippen molar-refractivity contribution < 1.29 is 4.74 Å². The molecule has 1 aromatic carbocycles. The van der Waals surface area contributed by atoms with Crippen LogP contribution in [0.15, 0.2) is 18.2 Å². The smallest absolute Gasteiger partial charge is 0.120 e. The minimum Gasteiger partial charge on any atom is -0.497 e. The van der Waals surface area contributed by atoms with Gasteiger partial charge in [0, 0.05) is 16.1 Å². The molecule has 0 saturated carbocycles. The highest BCUT2D eigenvalue weighted by Crippen LogP contribution is 2.37. The van der Waals surface area contributed by atoms with E-state index < -0.39 is 0 Å². The van der Waals surface area contributed by atoms with E-state index in [-0.39, 0.29) is 0 Å². The first-order valence-electron chi connectivity index (χ1n) is 6.47. The van der Waals surface area contributed by atoms with E-state index in [1.807, 2.05) is 11.3 Å². The molecule has 1 aromatic heterocycles. The molecule has 18 heavy (non-hydrogen) atoms. The summed E-state index contributed by atoms with van der Waals surface area (Å²) < 4.78 is 6.63. The third kappa shape index (κ3) is 2.52. The third-order valence-corrected chi connectivity index (χ3v) is 4.29. The molecule has 0 spiro atoms. The summed E-state index contributed by atoms with van der Waals surface area (Å²) in [6, 6.07) is 6.38. The maximum absolute atomic E-state index is 5.30. The Hall–Kier alpha value is -1.06. The first kappa shape index (κ1) is 13.4. The molecular weight excluding hydrogens is 242 g/mol. The molecule has 0 radical (unpaired) electrons. The summed E-state index contributed by atoms with van der Waals surface area (Å²) in [5.74, 6) is 1.50. The van der Waals surface area contributed by atoms with E-state index in [2.05, 4.69) is 44.3 Å². The van der Waals surface area contributed by atoms with Gasteiger partial charge in [-0.2, -0.15) is 0 Å². The maximum Gasteiger partial charge on any atom is 0.120 e. The third-order valence-electron chi connectivity index (χ3n) is 3.13. The van der Waals surface area contributed by atoms with Gasteiger partial charge in [0.2, 0.25) is 0 Å². The van der Waals surface area contributed by atoms with Crippen LogP contribution in [0.3, 0.4) is 0 Å². The van der Waals surface area contributed by atoms with Crippen LogP contribution in [-0.4, -0.2) is 13.7 Å². The van der Waals surface area contributed by atoms with E-state index in [4.69, 9.17) is 4.74 Å². The predicted molar refractivity (Wildman–Crippen MR) is 79.8 cm³/mol. The van der Waals surface area contributed by atoms with Crippen molar-refractivity contribution >= 4 is 21.4 Å². The van der Waals surface area contributed by atoms with Gasteiger partial charge >= 0.3 is 0 Å². The Morgan fingerprint density at radius 3 is 2.72 bits per heavy atom. The zero-order valence-corrected chi connectivity index (χ0v) is 12.4. The monoisotopic (exact) mass is 263 g/mol. The molecular formula is C15H21NOS. The molecule has 98 valence electrons. The fourth-order valence-electron chi connectivity index (χ4n) is 2.28. The van der Waals surface area contributed by atoms with Crippen LogP contribution in [0.1, 0.15) is 37.1 Å². The molecule has 2 rings (SSSR count). The lowest BCUT2D eigenvalue weighted by atomic mass is 9.99. The van der Waals surface area contributed by atoms with Crippen LogP contribution < -0.4 is 10.1 Å². The van der Waals surface area contributed by atoms with Crippen molar-refractivity contribution in [3.8, 4) is 5.75 Å². The van der Waals surface area contributed by atoms with Gasteiger partial charge in [0.15, 0.2) is 0 Å². The second-order valence-corrected chi connectivity index (χ2v) is 5.87. The second kappa shape index (κ2) is 5.72. The molecule has 0 aliphatic rings. The number of nitrogens with one attached hydrogen (secondary N) is 1. The Morgan fingerprint density at radius 1 is 1.33 bits per heavy atom. The van der Waals surface area contributed by atoms with Gasteiger partial charge in [0.1, 0.15) is 5.75 Å². The number of ether oxygens (including phenoxy) is 1. The highest BCUT2D eigenvalue weighted by atomic mass is 32.1. The van der Waals surface area contributed by atoms with E-state index in [0.29, 0.717) is 5.92 Å². The van der Waals surface area contributed by atoms with Crippen molar-refractivity contribution in [3.05, 3.63) is 28.6 Å². The van der Waals surface area contributed by atoms with E-state index in [0.717, 1.165) is 18.8 Å². The SMILES string of the molecule is CCNCc1sc2cc(OC)ccc2c1C(C)C. The van der Waals surface area contributed by atoms with Crippen LogP contribution in [-0.2, 0) is 6.54 Å². The normalized spacial score (nSPS) is 11.4. The van der Waals surface area contributed by atoms with Crippen LogP contribution in [0.5, 0.6) is 5.75 Å². The summed E-state index contributed by atoms with van der Waals surface area (Å²) in [6.07, 6.45) is 0. The summed E-state index contributed by atoms with van der Waals surface area (Å²) in [4.78, 5) is 1.45. The van der Waals surface area contributed by atoms with Gasteiger partial charge in [-0.1, -0.05) is 20.8 Å². The van der Waals surface area contributed by atoms with E-state index in [1.165, 1.54) is 20.5 Å². The first-order valence-corrected chi connectivity index (χ1v) is 7.29. The topological polar surface area (TPSA) is 21.3 Å². The van der Waals surface area contributed by atoms with Gasteiger partial charge in [0.05, 0.1) is 7.11 Å². The second-order valence-electron chi connectivity index (χ2n) is 4.74. The van der Waals surface area contributed by atoms with Crippen LogP contribution in [0.2, 0.25) is 0 Å². The molecule has 2 aromatic rings. The summed E-state index contributed by atoms with van der Waals surface area (Å²) in [7, 11) is 1.72. The van der Waals surface area contributed by atoms with Gasteiger partial charge in [-0.3, -0.25) is 0 Å². The molecule has 1 heterocycles. The quantitative estimate of drug-likeness (QED) is 0.875. The van der Waals surface area contributed by atoms with Crippen LogP contribution in [0.4, 0.5) is 0 Å². The Kier molecular flexibility index (Phi) is 4.25. The molecule has 0 saturated heterocycles.